The van der Waals surface area contributed by atoms with Gasteiger partial charge in [-0.1, -0.05) is 24.6 Å². The molecule has 3 aliphatic rings. The van der Waals surface area contributed by atoms with Crippen molar-refractivity contribution in [2.45, 2.75) is 38.6 Å². The van der Waals surface area contributed by atoms with Crippen LogP contribution >= 0.6 is 0 Å². The lowest BCUT2D eigenvalue weighted by Gasteiger charge is -2.34. The number of piperazine rings is 1. The van der Waals surface area contributed by atoms with E-state index in [0.717, 1.165) is 50.3 Å². The summed E-state index contributed by atoms with van der Waals surface area (Å²) in [6, 6.07) is 9.63. The minimum Gasteiger partial charge on any atom is -0.492 e. The molecule has 1 aliphatic heterocycles. The second-order valence-corrected chi connectivity index (χ2v) is 9.43. The van der Waals surface area contributed by atoms with E-state index in [0.29, 0.717) is 12.5 Å². The SMILES string of the molecule is CC(NC(=O)NC(=O)CN1CCN(CCOc2ccccc2)CC1)C1CC2CCC1C2. The van der Waals surface area contributed by atoms with Gasteiger partial charge >= 0.3 is 6.03 Å². The molecule has 31 heavy (non-hydrogen) atoms. The Morgan fingerprint density at radius 2 is 1.81 bits per heavy atom. The molecule has 4 rings (SSSR count). The fourth-order valence-electron chi connectivity index (χ4n) is 5.61. The molecule has 3 fully saturated rings. The molecule has 3 amide bonds. The molecule has 7 heteroatoms. The van der Waals surface area contributed by atoms with Gasteiger partial charge in [-0.3, -0.25) is 19.9 Å². The quantitative estimate of drug-likeness (QED) is 0.665. The molecule has 1 heterocycles. The summed E-state index contributed by atoms with van der Waals surface area (Å²) < 4.78 is 5.76. The van der Waals surface area contributed by atoms with Crippen molar-refractivity contribution in [2.75, 3.05) is 45.9 Å². The van der Waals surface area contributed by atoms with E-state index in [1.807, 2.05) is 30.3 Å². The zero-order valence-corrected chi connectivity index (χ0v) is 18.6. The van der Waals surface area contributed by atoms with Crippen LogP contribution in [0.4, 0.5) is 4.79 Å². The number of ether oxygens (including phenoxy) is 1. The molecule has 0 radical (unpaired) electrons. The zero-order chi connectivity index (χ0) is 21.6. The molecule has 2 bridgehead atoms. The van der Waals surface area contributed by atoms with Gasteiger partial charge in [0, 0.05) is 38.8 Å². The monoisotopic (exact) mass is 428 g/mol. The van der Waals surface area contributed by atoms with Crippen molar-refractivity contribution in [3.8, 4) is 5.75 Å². The molecule has 1 aromatic rings. The Morgan fingerprint density at radius 3 is 2.48 bits per heavy atom. The number of amides is 3. The number of nitrogens with zero attached hydrogens (tertiary/aromatic N) is 2. The van der Waals surface area contributed by atoms with Gasteiger partial charge in [0.15, 0.2) is 0 Å². The minimum absolute atomic E-state index is 0.129. The van der Waals surface area contributed by atoms with Gasteiger partial charge in [0.1, 0.15) is 12.4 Å². The molecule has 0 aromatic heterocycles. The predicted octanol–water partition coefficient (Wildman–Crippen LogP) is 2.33. The number of imide groups is 1. The number of para-hydroxylation sites is 1. The van der Waals surface area contributed by atoms with E-state index in [9.17, 15) is 9.59 Å². The van der Waals surface area contributed by atoms with Crippen molar-refractivity contribution in [3.05, 3.63) is 30.3 Å². The van der Waals surface area contributed by atoms with Gasteiger partial charge in [-0.05, 0) is 56.1 Å². The highest BCUT2D eigenvalue weighted by Crippen LogP contribution is 2.49. The van der Waals surface area contributed by atoms with Crippen LogP contribution in [0.2, 0.25) is 0 Å². The lowest BCUT2D eigenvalue weighted by molar-refractivity contribution is -0.121. The molecule has 0 spiro atoms. The number of urea groups is 1. The van der Waals surface area contributed by atoms with Gasteiger partial charge in [-0.2, -0.15) is 0 Å². The summed E-state index contributed by atoms with van der Waals surface area (Å²) in [5, 5.41) is 5.53. The molecule has 1 aromatic carbocycles. The predicted molar refractivity (Wildman–Crippen MR) is 120 cm³/mol. The fraction of sp³-hybridized carbons (Fsp3) is 0.667. The molecule has 4 unspecified atom stereocenters. The highest BCUT2D eigenvalue weighted by atomic mass is 16.5. The van der Waals surface area contributed by atoms with Crippen LogP contribution in [-0.2, 0) is 4.79 Å². The number of fused-ring (bicyclic) bond motifs is 2. The van der Waals surface area contributed by atoms with E-state index in [1.165, 1.54) is 25.7 Å². The minimum atomic E-state index is -0.350. The third-order valence-corrected chi connectivity index (χ3v) is 7.30. The number of nitrogens with one attached hydrogen (secondary N) is 2. The third kappa shape index (κ3) is 6.20. The number of hydrogen-bond acceptors (Lipinski definition) is 5. The van der Waals surface area contributed by atoms with Gasteiger partial charge < -0.3 is 10.1 Å². The Hall–Kier alpha value is -2.12. The number of rotatable bonds is 8. The van der Waals surface area contributed by atoms with Crippen LogP contribution in [0, 0.1) is 17.8 Å². The number of benzene rings is 1. The van der Waals surface area contributed by atoms with Gasteiger partial charge in [0.2, 0.25) is 5.91 Å². The van der Waals surface area contributed by atoms with Crippen molar-refractivity contribution in [2.24, 2.45) is 17.8 Å². The topological polar surface area (TPSA) is 73.9 Å². The Bertz CT molecular complexity index is 736. The Labute approximate surface area is 185 Å². The molecule has 4 atom stereocenters. The van der Waals surface area contributed by atoms with Crippen LogP contribution in [-0.4, -0.2) is 73.7 Å². The van der Waals surface area contributed by atoms with Gasteiger partial charge in [-0.15, -0.1) is 0 Å². The Kier molecular flexibility index (Phi) is 7.45. The summed E-state index contributed by atoms with van der Waals surface area (Å²) in [5.74, 6) is 2.85. The molecule has 1 saturated heterocycles. The van der Waals surface area contributed by atoms with E-state index < -0.39 is 0 Å². The maximum atomic E-state index is 12.3. The lowest BCUT2D eigenvalue weighted by atomic mass is 9.84. The van der Waals surface area contributed by atoms with Crippen LogP contribution in [0.1, 0.15) is 32.6 Å². The average Bonchev–Trinajstić information content (AvgIpc) is 3.39. The smallest absolute Gasteiger partial charge is 0.321 e. The summed E-state index contributed by atoms with van der Waals surface area (Å²) in [7, 11) is 0. The second kappa shape index (κ2) is 10.5. The van der Waals surface area contributed by atoms with Crippen LogP contribution in [0.3, 0.4) is 0 Å². The molecule has 170 valence electrons. The maximum absolute atomic E-state index is 12.3. The van der Waals surface area contributed by atoms with Crippen molar-refractivity contribution in [1.82, 2.24) is 20.4 Å². The van der Waals surface area contributed by atoms with Crippen molar-refractivity contribution < 1.29 is 14.3 Å². The van der Waals surface area contributed by atoms with E-state index in [2.05, 4.69) is 27.4 Å². The zero-order valence-electron chi connectivity index (χ0n) is 18.6. The highest BCUT2D eigenvalue weighted by molar-refractivity contribution is 5.95. The maximum Gasteiger partial charge on any atom is 0.321 e. The fourth-order valence-corrected chi connectivity index (χ4v) is 5.61. The molecule has 7 nitrogen and oxygen atoms in total. The van der Waals surface area contributed by atoms with Crippen molar-refractivity contribution >= 4 is 11.9 Å². The van der Waals surface area contributed by atoms with E-state index in [-0.39, 0.29) is 24.5 Å². The Balaban J connectivity index is 1.09. The van der Waals surface area contributed by atoms with Gasteiger partial charge in [0.05, 0.1) is 6.54 Å². The van der Waals surface area contributed by atoms with Crippen LogP contribution in [0.25, 0.3) is 0 Å². The molecule has 2 aliphatic carbocycles. The summed E-state index contributed by atoms with van der Waals surface area (Å²) in [4.78, 5) is 29.0. The first-order valence-electron chi connectivity index (χ1n) is 11.8. The third-order valence-electron chi connectivity index (χ3n) is 7.30. The summed E-state index contributed by atoms with van der Waals surface area (Å²) in [5.41, 5.74) is 0. The Morgan fingerprint density at radius 1 is 1.06 bits per heavy atom. The highest BCUT2D eigenvalue weighted by Gasteiger charge is 2.42. The first-order valence-corrected chi connectivity index (χ1v) is 11.8. The first-order chi connectivity index (χ1) is 15.1. The van der Waals surface area contributed by atoms with E-state index in [1.54, 1.807) is 0 Å². The number of hydrogen-bond donors (Lipinski definition) is 2. The summed E-state index contributed by atoms with van der Waals surface area (Å²) in [6.45, 7) is 7.33. The van der Waals surface area contributed by atoms with Crippen LogP contribution < -0.4 is 15.4 Å². The van der Waals surface area contributed by atoms with Crippen LogP contribution in [0.5, 0.6) is 5.75 Å². The number of carbonyl (C=O) groups is 2. The van der Waals surface area contributed by atoms with Crippen LogP contribution in [0.15, 0.2) is 30.3 Å². The van der Waals surface area contributed by atoms with E-state index >= 15 is 0 Å². The summed E-state index contributed by atoms with van der Waals surface area (Å²) >= 11 is 0. The second-order valence-electron chi connectivity index (χ2n) is 9.43. The van der Waals surface area contributed by atoms with Gasteiger partial charge in [0.25, 0.3) is 0 Å². The normalized spacial score (nSPS) is 27.1. The van der Waals surface area contributed by atoms with E-state index in [4.69, 9.17) is 4.74 Å². The molecule has 2 N–H and O–H groups in total. The lowest BCUT2D eigenvalue weighted by Crippen LogP contribution is -2.52. The van der Waals surface area contributed by atoms with Crippen molar-refractivity contribution in [3.63, 3.8) is 0 Å². The molecular weight excluding hydrogens is 392 g/mol. The number of carbonyl (C=O) groups excluding carboxylic acids is 2. The summed E-state index contributed by atoms with van der Waals surface area (Å²) in [6.07, 6.45) is 5.19. The first kappa shape index (κ1) is 22.1. The largest absolute Gasteiger partial charge is 0.492 e. The van der Waals surface area contributed by atoms with Gasteiger partial charge in [-0.25, -0.2) is 4.79 Å². The molecule has 2 saturated carbocycles. The standard InChI is InChI=1S/C24H36N4O3/c1-18(22-16-19-7-8-20(22)15-19)25-24(30)26-23(29)17-28-11-9-27(10-12-28)13-14-31-21-5-3-2-4-6-21/h2-6,18-20,22H,7-17H2,1H3,(H2,25,26,29,30). The molecular formula is C24H36N4O3. The van der Waals surface area contributed by atoms with Crippen molar-refractivity contribution in [1.29, 1.82) is 0 Å². The average molecular weight is 429 g/mol.